The van der Waals surface area contributed by atoms with E-state index >= 15 is 0 Å². The van der Waals surface area contributed by atoms with Crippen LogP contribution in [0.1, 0.15) is 63.3 Å². The molecule has 1 atom stereocenters. The highest BCUT2D eigenvalue weighted by atomic mass is 16.6. The monoisotopic (exact) mass is 490 g/mol. The van der Waals surface area contributed by atoms with Crippen LogP contribution in [-0.2, 0) is 9.53 Å². The van der Waals surface area contributed by atoms with Crippen LogP contribution in [-0.4, -0.2) is 48.7 Å². The number of ether oxygens (including phenoxy) is 2. The lowest BCUT2D eigenvalue weighted by Crippen LogP contribution is -2.27. The minimum Gasteiger partial charge on any atom is -0.478 e. The van der Waals surface area contributed by atoms with Gasteiger partial charge in [0.2, 0.25) is 0 Å². The summed E-state index contributed by atoms with van der Waals surface area (Å²) in [5.41, 5.74) is 2.05. The second-order valence-corrected chi connectivity index (χ2v) is 9.31. The minimum atomic E-state index is -0.794. The van der Waals surface area contributed by atoms with E-state index in [1.165, 1.54) is 11.1 Å². The Labute approximate surface area is 211 Å². The number of carbonyl (C=O) groups is 1. The molecule has 0 spiro atoms. The van der Waals surface area contributed by atoms with Crippen LogP contribution in [0, 0.1) is 0 Å². The summed E-state index contributed by atoms with van der Waals surface area (Å²) in [6, 6.07) is 13.0. The normalized spacial score (nSPS) is 15.2. The Balaban J connectivity index is 1.77. The number of rotatable bonds is 8. The van der Waals surface area contributed by atoms with Crippen LogP contribution in [0.2, 0.25) is 0 Å². The fraction of sp³-hybridized carbons (Fsp3) is 0.429. The first-order valence-electron chi connectivity index (χ1n) is 12.6. The summed E-state index contributed by atoms with van der Waals surface area (Å²) in [6.45, 7) is 3.69. The molecule has 0 amide bonds. The molecule has 0 N–H and O–H groups in total. The fourth-order valence-electron chi connectivity index (χ4n) is 4.51. The molecule has 0 unspecified atom stereocenters. The summed E-state index contributed by atoms with van der Waals surface area (Å²) in [5, 5.41) is 5.16. The van der Waals surface area contributed by atoms with Gasteiger partial charge in [-0.05, 0) is 51.0 Å². The molecule has 1 fully saturated rings. The third-order valence-corrected chi connectivity index (χ3v) is 6.50. The molecule has 1 heterocycles. The van der Waals surface area contributed by atoms with Crippen LogP contribution in [0.4, 0.5) is 5.69 Å². The highest BCUT2D eigenvalue weighted by molar-refractivity contribution is 5.85. The van der Waals surface area contributed by atoms with Crippen LogP contribution >= 0.6 is 0 Å². The first kappa shape index (κ1) is 25.4. The molecule has 3 aromatic rings. The minimum absolute atomic E-state index is 0.184. The second kappa shape index (κ2) is 11.4. The number of nitrogens with zero attached hydrogens (tertiary/aromatic N) is 4. The molecule has 2 aromatic carbocycles. The van der Waals surface area contributed by atoms with Crippen LogP contribution in [0.15, 0.2) is 52.4 Å². The average Bonchev–Trinajstić information content (AvgIpc) is 2.89. The van der Waals surface area contributed by atoms with Gasteiger partial charge in [-0.1, -0.05) is 31.4 Å². The summed E-state index contributed by atoms with van der Waals surface area (Å²) in [7, 11) is 3.86. The molecule has 1 aliphatic carbocycles. The van der Waals surface area contributed by atoms with Crippen LogP contribution in [0.25, 0.3) is 10.9 Å². The van der Waals surface area contributed by atoms with Crippen molar-refractivity contribution in [1.82, 2.24) is 9.66 Å². The van der Waals surface area contributed by atoms with Gasteiger partial charge in [-0.3, -0.25) is 4.79 Å². The third-order valence-electron chi connectivity index (χ3n) is 6.50. The molecule has 0 saturated heterocycles. The molecule has 0 bridgehead atoms. The van der Waals surface area contributed by atoms with Crippen LogP contribution < -0.4 is 15.2 Å². The van der Waals surface area contributed by atoms with E-state index in [-0.39, 0.29) is 18.1 Å². The Morgan fingerprint density at radius 2 is 1.94 bits per heavy atom. The molecule has 1 saturated carbocycles. The van der Waals surface area contributed by atoms with Gasteiger partial charge in [-0.2, -0.15) is 9.78 Å². The quantitative estimate of drug-likeness (QED) is 0.335. The molecule has 36 heavy (non-hydrogen) atoms. The molecule has 1 aromatic heterocycles. The highest BCUT2D eigenvalue weighted by Crippen LogP contribution is 2.32. The molecule has 8 heteroatoms. The maximum absolute atomic E-state index is 13.5. The Morgan fingerprint density at radius 3 is 2.67 bits per heavy atom. The maximum atomic E-state index is 13.5. The summed E-state index contributed by atoms with van der Waals surface area (Å²) in [6.07, 6.45) is 6.23. The fourth-order valence-corrected chi connectivity index (χ4v) is 4.51. The van der Waals surface area contributed by atoms with Crippen molar-refractivity contribution in [1.29, 1.82) is 0 Å². The Bertz CT molecular complexity index is 1310. The van der Waals surface area contributed by atoms with Crippen molar-refractivity contribution in [2.24, 2.45) is 5.10 Å². The average molecular weight is 491 g/mol. The van der Waals surface area contributed by atoms with Crippen LogP contribution in [0.5, 0.6) is 5.75 Å². The van der Waals surface area contributed by atoms with Crippen molar-refractivity contribution < 1.29 is 14.3 Å². The van der Waals surface area contributed by atoms with Crippen molar-refractivity contribution in [2.45, 2.75) is 58.0 Å². The molecule has 4 rings (SSSR count). The highest BCUT2D eigenvalue weighted by Gasteiger charge is 2.23. The number of carbonyl (C=O) groups excluding carboxylic acids is 1. The van der Waals surface area contributed by atoms with E-state index in [0.29, 0.717) is 28.0 Å². The first-order valence-corrected chi connectivity index (χ1v) is 12.6. The number of anilines is 1. The van der Waals surface area contributed by atoms with E-state index in [1.54, 1.807) is 26.1 Å². The zero-order valence-electron chi connectivity index (χ0n) is 21.4. The van der Waals surface area contributed by atoms with Gasteiger partial charge in [0.05, 0.1) is 23.7 Å². The number of hydrogen-bond donors (Lipinski definition) is 0. The van der Waals surface area contributed by atoms with Gasteiger partial charge in [0.1, 0.15) is 11.6 Å². The van der Waals surface area contributed by atoms with Crippen molar-refractivity contribution in [2.75, 3.05) is 25.6 Å². The van der Waals surface area contributed by atoms with Crippen molar-refractivity contribution in [3.63, 3.8) is 0 Å². The Hall–Kier alpha value is -3.68. The predicted octanol–water partition coefficient (Wildman–Crippen LogP) is 4.72. The zero-order valence-corrected chi connectivity index (χ0v) is 21.4. The van der Waals surface area contributed by atoms with Gasteiger partial charge in [-0.25, -0.2) is 9.78 Å². The Kier molecular flexibility index (Phi) is 8.03. The zero-order chi connectivity index (χ0) is 25.7. The number of benzene rings is 2. The van der Waals surface area contributed by atoms with Gasteiger partial charge >= 0.3 is 5.97 Å². The number of fused-ring (bicyclic) bond motifs is 1. The molecule has 0 aliphatic heterocycles. The summed E-state index contributed by atoms with van der Waals surface area (Å²) < 4.78 is 12.5. The third kappa shape index (κ3) is 5.58. The van der Waals surface area contributed by atoms with E-state index in [0.717, 1.165) is 31.4 Å². The number of para-hydroxylation sites is 1. The SMILES string of the molecule is CCOC(=O)[C@@H](C)Oc1cc(N(C)C)ccc1C=Nn1c(C2CCCCC2)nc2ccccc2c1=O. The van der Waals surface area contributed by atoms with Crippen molar-refractivity contribution in [3.8, 4) is 5.75 Å². The van der Waals surface area contributed by atoms with E-state index in [9.17, 15) is 9.59 Å². The topological polar surface area (TPSA) is 86.0 Å². The lowest BCUT2D eigenvalue weighted by molar-refractivity contribution is -0.150. The Morgan fingerprint density at radius 1 is 1.19 bits per heavy atom. The van der Waals surface area contributed by atoms with Gasteiger partial charge in [0, 0.05) is 37.3 Å². The van der Waals surface area contributed by atoms with Crippen molar-refractivity contribution in [3.05, 3.63) is 64.2 Å². The van der Waals surface area contributed by atoms with Crippen molar-refractivity contribution >= 4 is 28.8 Å². The standard InChI is InChI=1S/C28H34N4O4/c1-5-35-28(34)19(2)36-25-17-22(31(3)4)16-15-21(25)18-29-32-26(20-11-7-6-8-12-20)30-24-14-10-9-13-23(24)27(32)33/h9-10,13-20H,5-8,11-12H2,1-4H3/t19-/m1/s1. The van der Waals surface area contributed by atoms with Gasteiger partial charge in [0.25, 0.3) is 5.56 Å². The molecule has 1 aliphatic rings. The van der Waals surface area contributed by atoms with Gasteiger partial charge < -0.3 is 14.4 Å². The summed E-state index contributed by atoms with van der Waals surface area (Å²) >= 11 is 0. The number of hydrogen-bond acceptors (Lipinski definition) is 7. The first-order chi connectivity index (χ1) is 17.4. The lowest BCUT2D eigenvalue weighted by Gasteiger charge is -2.23. The molecule has 8 nitrogen and oxygen atoms in total. The lowest BCUT2D eigenvalue weighted by atomic mass is 9.88. The molecule has 0 radical (unpaired) electrons. The van der Waals surface area contributed by atoms with E-state index in [4.69, 9.17) is 14.5 Å². The van der Waals surface area contributed by atoms with E-state index in [1.807, 2.05) is 55.4 Å². The molecule has 190 valence electrons. The predicted molar refractivity (Wildman–Crippen MR) is 142 cm³/mol. The number of esters is 1. The van der Waals surface area contributed by atoms with Crippen LogP contribution in [0.3, 0.4) is 0 Å². The summed E-state index contributed by atoms with van der Waals surface area (Å²) in [4.78, 5) is 32.5. The van der Waals surface area contributed by atoms with E-state index < -0.39 is 12.1 Å². The maximum Gasteiger partial charge on any atom is 0.347 e. The van der Waals surface area contributed by atoms with Gasteiger partial charge in [-0.15, -0.1) is 0 Å². The number of aromatic nitrogens is 2. The summed E-state index contributed by atoms with van der Waals surface area (Å²) in [5.74, 6) is 0.919. The van der Waals surface area contributed by atoms with E-state index in [2.05, 4.69) is 5.10 Å². The molecular formula is C28H34N4O4. The molecular weight excluding hydrogens is 456 g/mol. The smallest absolute Gasteiger partial charge is 0.347 e. The largest absolute Gasteiger partial charge is 0.478 e. The second-order valence-electron chi connectivity index (χ2n) is 9.31. The van der Waals surface area contributed by atoms with Gasteiger partial charge in [0.15, 0.2) is 6.10 Å².